The number of ether oxygens (including phenoxy) is 1. The Morgan fingerprint density at radius 3 is 2.62 bits per heavy atom. The van der Waals surface area contributed by atoms with Gasteiger partial charge in [-0.05, 0) is 71.8 Å². The minimum absolute atomic E-state index is 0.0939. The Balaban J connectivity index is 1.65. The predicted molar refractivity (Wildman–Crippen MR) is 144 cm³/mol. The van der Waals surface area contributed by atoms with Crippen molar-refractivity contribution < 1.29 is 19.2 Å². The van der Waals surface area contributed by atoms with Crippen molar-refractivity contribution in [2.24, 2.45) is 0 Å². The quantitative estimate of drug-likeness (QED) is 0.307. The third kappa shape index (κ3) is 5.02. The highest BCUT2D eigenvalue weighted by molar-refractivity contribution is 5.99. The maximum absolute atomic E-state index is 12.2. The Bertz CT molecular complexity index is 1440. The number of rotatable bonds is 7. The van der Waals surface area contributed by atoms with Crippen molar-refractivity contribution in [3.63, 3.8) is 0 Å². The van der Waals surface area contributed by atoms with E-state index in [1.807, 2.05) is 42.5 Å². The molecule has 0 aliphatic carbocycles. The first-order valence-electron chi connectivity index (χ1n) is 12.7. The summed E-state index contributed by atoms with van der Waals surface area (Å²) in [4.78, 5) is 14.5. The Morgan fingerprint density at radius 1 is 1.11 bits per heavy atom. The van der Waals surface area contributed by atoms with Crippen LogP contribution in [-0.2, 0) is 19.6 Å². The molecule has 0 fully saturated rings. The minimum atomic E-state index is -1.12. The molecule has 4 aromatic rings. The number of benzene rings is 3. The molecule has 0 bridgehead atoms. The molecule has 190 valence electrons. The Labute approximate surface area is 217 Å². The minimum Gasteiger partial charge on any atom is -0.488 e. The fraction of sp³-hybridized carbons (Fsp3) is 0.290. The van der Waals surface area contributed by atoms with E-state index in [4.69, 9.17) is 9.26 Å². The zero-order valence-corrected chi connectivity index (χ0v) is 21.7. The smallest absolute Gasteiger partial charge is 0.358 e. The van der Waals surface area contributed by atoms with Crippen LogP contribution in [0, 0.1) is 6.92 Å². The number of hydrogen-bond acceptors (Lipinski definition) is 5. The molecule has 2 heterocycles. The van der Waals surface area contributed by atoms with Crippen molar-refractivity contribution in [1.82, 2.24) is 10.1 Å². The first-order chi connectivity index (χ1) is 17.8. The lowest BCUT2D eigenvalue weighted by Crippen LogP contribution is -2.26. The van der Waals surface area contributed by atoms with Crippen LogP contribution in [0.2, 0.25) is 0 Å². The standard InChI is InChI=1S/C31H32N2O4/c1-19(2)25-16-26(27(14-20(25)3)36-18-21-8-6-5-7-9-21)30-28(29(31(34)35)32-37-30)23-10-11-24-17-33(4)13-12-22(24)15-23/h5-11,14-16,19H,12-13,17-18H2,1-4H3,(H,34,35). The summed E-state index contributed by atoms with van der Waals surface area (Å²) in [7, 11) is 2.11. The molecule has 0 amide bonds. The molecule has 0 saturated carbocycles. The second-order valence-electron chi connectivity index (χ2n) is 10.1. The lowest BCUT2D eigenvalue weighted by Gasteiger charge is -2.25. The molecule has 0 atom stereocenters. The Hall–Kier alpha value is -3.90. The summed E-state index contributed by atoms with van der Waals surface area (Å²) in [6, 6.07) is 20.2. The van der Waals surface area contributed by atoms with Gasteiger partial charge in [0.05, 0.1) is 11.1 Å². The van der Waals surface area contributed by atoms with Crippen molar-refractivity contribution in [2.45, 2.75) is 46.3 Å². The van der Waals surface area contributed by atoms with E-state index in [0.717, 1.165) is 41.8 Å². The largest absolute Gasteiger partial charge is 0.488 e. The normalized spacial score (nSPS) is 13.5. The molecule has 1 aromatic heterocycles. The summed E-state index contributed by atoms with van der Waals surface area (Å²) < 4.78 is 12.1. The van der Waals surface area contributed by atoms with Crippen LogP contribution in [0.5, 0.6) is 5.75 Å². The van der Waals surface area contributed by atoms with Gasteiger partial charge in [0.1, 0.15) is 12.4 Å². The van der Waals surface area contributed by atoms with Gasteiger partial charge < -0.3 is 19.3 Å². The number of hydrogen-bond donors (Lipinski definition) is 1. The van der Waals surface area contributed by atoms with Gasteiger partial charge in [0.15, 0.2) is 11.5 Å². The summed E-state index contributed by atoms with van der Waals surface area (Å²) in [5, 5.41) is 14.0. The molecule has 3 aromatic carbocycles. The number of aromatic carboxylic acids is 1. The predicted octanol–water partition coefficient (Wildman–Crippen LogP) is 6.71. The average Bonchev–Trinajstić information content (AvgIpc) is 3.33. The van der Waals surface area contributed by atoms with E-state index < -0.39 is 5.97 Å². The number of nitrogens with zero attached hydrogens (tertiary/aromatic N) is 2. The van der Waals surface area contributed by atoms with E-state index >= 15 is 0 Å². The van der Waals surface area contributed by atoms with E-state index in [-0.39, 0.29) is 11.6 Å². The topological polar surface area (TPSA) is 75.8 Å². The molecule has 0 spiro atoms. The van der Waals surface area contributed by atoms with Gasteiger partial charge in [-0.15, -0.1) is 0 Å². The molecule has 6 nitrogen and oxygen atoms in total. The van der Waals surface area contributed by atoms with Crippen LogP contribution < -0.4 is 4.74 Å². The SMILES string of the molecule is Cc1cc(OCc2ccccc2)c(-c2onc(C(=O)O)c2-c2ccc3c(c2)CCN(C)C3)cc1C(C)C. The number of aromatic nitrogens is 1. The monoisotopic (exact) mass is 496 g/mol. The van der Waals surface area contributed by atoms with Crippen LogP contribution in [0.3, 0.4) is 0 Å². The van der Waals surface area contributed by atoms with E-state index in [9.17, 15) is 9.90 Å². The van der Waals surface area contributed by atoms with Crippen molar-refractivity contribution in [3.05, 3.63) is 94.2 Å². The highest BCUT2D eigenvalue weighted by atomic mass is 16.5. The van der Waals surface area contributed by atoms with E-state index in [1.165, 1.54) is 11.1 Å². The molecular weight excluding hydrogens is 464 g/mol. The molecule has 1 aliphatic heterocycles. The van der Waals surface area contributed by atoms with Gasteiger partial charge in [-0.3, -0.25) is 0 Å². The van der Waals surface area contributed by atoms with Crippen LogP contribution in [0.1, 0.15) is 58.1 Å². The Morgan fingerprint density at radius 2 is 1.89 bits per heavy atom. The lowest BCUT2D eigenvalue weighted by atomic mass is 9.90. The van der Waals surface area contributed by atoms with Crippen LogP contribution in [0.25, 0.3) is 22.5 Å². The molecule has 1 N–H and O–H groups in total. The third-order valence-corrected chi connectivity index (χ3v) is 7.06. The molecule has 37 heavy (non-hydrogen) atoms. The van der Waals surface area contributed by atoms with Crippen LogP contribution in [0.15, 0.2) is 65.2 Å². The number of aryl methyl sites for hydroxylation is 1. The molecule has 0 radical (unpaired) electrons. The van der Waals surface area contributed by atoms with Gasteiger partial charge in [-0.25, -0.2) is 4.79 Å². The first kappa shape index (κ1) is 24.8. The maximum Gasteiger partial charge on any atom is 0.358 e. The number of carboxylic acids is 1. The zero-order valence-electron chi connectivity index (χ0n) is 21.7. The summed E-state index contributed by atoms with van der Waals surface area (Å²) in [5.74, 6) is 0.202. The van der Waals surface area contributed by atoms with Gasteiger partial charge in [0, 0.05) is 13.1 Å². The van der Waals surface area contributed by atoms with Crippen LogP contribution in [0.4, 0.5) is 0 Å². The van der Waals surface area contributed by atoms with Gasteiger partial charge in [0.2, 0.25) is 0 Å². The fourth-order valence-electron chi connectivity index (χ4n) is 5.09. The summed E-state index contributed by atoms with van der Waals surface area (Å²) >= 11 is 0. The molecule has 1 aliphatic rings. The summed E-state index contributed by atoms with van der Waals surface area (Å²) in [6.07, 6.45) is 0.913. The van der Waals surface area contributed by atoms with Crippen LogP contribution >= 0.6 is 0 Å². The number of fused-ring (bicyclic) bond motifs is 1. The molecule has 6 heteroatoms. The summed E-state index contributed by atoms with van der Waals surface area (Å²) in [6.45, 7) is 8.58. The highest BCUT2D eigenvalue weighted by Crippen LogP contribution is 2.43. The van der Waals surface area contributed by atoms with E-state index in [0.29, 0.717) is 29.2 Å². The third-order valence-electron chi connectivity index (χ3n) is 7.06. The Kier molecular flexibility index (Phi) is 6.85. The van der Waals surface area contributed by atoms with Crippen molar-refractivity contribution >= 4 is 5.97 Å². The summed E-state index contributed by atoms with van der Waals surface area (Å²) in [5.41, 5.74) is 7.68. The van der Waals surface area contributed by atoms with Gasteiger partial charge in [-0.1, -0.05) is 67.5 Å². The second kappa shape index (κ2) is 10.2. The lowest BCUT2D eigenvalue weighted by molar-refractivity contribution is 0.0686. The van der Waals surface area contributed by atoms with Crippen molar-refractivity contribution in [1.29, 1.82) is 0 Å². The molecule has 0 saturated heterocycles. The van der Waals surface area contributed by atoms with E-state index in [1.54, 1.807) is 0 Å². The first-order valence-corrected chi connectivity index (χ1v) is 12.7. The number of carboxylic acid groups (broad SMARTS) is 1. The second-order valence-corrected chi connectivity index (χ2v) is 10.1. The van der Waals surface area contributed by atoms with Crippen molar-refractivity contribution in [2.75, 3.05) is 13.6 Å². The molecule has 5 rings (SSSR count). The van der Waals surface area contributed by atoms with Crippen molar-refractivity contribution in [3.8, 4) is 28.2 Å². The molecule has 0 unspecified atom stereocenters. The average molecular weight is 497 g/mol. The van der Waals surface area contributed by atoms with Gasteiger partial charge in [-0.2, -0.15) is 0 Å². The number of carbonyl (C=O) groups is 1. The van der Waals surface area contributed by atoms with Crippen LogP contribution in [-0.4, -0.2) is 34.7 Å². The van der Waals surface area contributed by atoms with E-state index in [2.05, 4.69) is 56.1 Å². The molecular formula is C31H32N2O4. The zero-order chi connectivity index (χ0) is 26.1. The van der Waals surface area contributed by atoms with Gasteiger partial charge >= 0.3 is 5.97 Å². The highest BCUT2D eigenvalue weighted by Gasteiger charge is 2.28. The number of likely N-dealkylation sites (N-methyl/N-ethyl adjacent to an activating group) is 1. The maximum atomic E-state index is 12.2. The fourth-order valence-corrected chi connectivity index (χ4v) is 5.09. The van der Waals surface area contributed by atoms with Gasteiger partial charge in [0.25, 0.3) is 0 Å².